The van der Waals surface area contributed by atoms with E-state index in [-0.39, 0.29) is 0 Å². The highest BCUT2D eigenvalue weighted by molar-refractivity contribution is 6.31. The Morgan fingerprint density at radius 2 is 1.94 bits per heavy atom. The molecular formula is C14H22ClN. The maximum atomic E-state index is 6.17. The van der Waals surface area contributed by atoms with E-state index < -0.39 is 0 Å². The number of hydrogen-bond acceptors (Lipinski definition) is 1. The van der Waals surface area contributed by atoms with Gasteiger partial charge in [0, 0.05) is 11.6 Å². The summed E-state index contributed by atoms with van der Waals surface area (Å²) in [4.78, 5) is 0. The predicted molar refractivity (Wildman–Crippen MR) is 71.9 cm³/mol. The molecule has 0 aliphatic rings. The molecule has 0 amide bonds. The molecule has 0 heterocycles. The van der Waals surface area contributed by atoms with Gasteiger partial charge in [-0.1, -0.05) is 44.5 Å². The summed E-state index contributed by atoms with van der Waals surface area (Å²) >= 11 is 6.17. The predicted octanol–water partition coefficient (Wildman–Crippen LogP) is 4.03. The standard InChI is InChI=1S/C14H22ClN/c1-10(2)12(4)8-16-9-13-6-5-11(3)7-14(13)15/h5-7,10,12,16H,8-9H2,1-4H3. The molecule has 16 heavy (non-hydrogen) atoms. The molecule has 1 rings (SSSR count). The summed E-state index contributed by atoms with van der Waals surface area (Å²) < 4.78 is 0. The second-order valence-corrected chi connectivity index (χ2v) is 5.35. The van der Waals surface area contributed by atoms with E-state index in [1.807, 2.05) is 6.07 Å². The summed E-state index contributed by atoms with van der Waals surface area (Å²) in [7, 11) is 0. The summed E-state index contributed by atoms with van der Waals surface area (Å²) in [5.41, 5.74) is 2.40. The number of nitrogens with one attached hydrogen (secondary N) is 1. The van der Waals surface area contributed by atoms with Crippen LogP contribution in [0.1, 0.15) is 31.9 Å². The van der Waals surface area contributed by atoms with Crippen molar-refractivity contribution in [3.63, 3.8) is 0 Å². The summed E-state index contributed by atoms with van der Waals surface area (Å²) in [6, 6.07) is 6.23. The molecule has 1 unspecified atom stereocenters. The lowest BCUT2D eigenvalue weighted by atomic mass is 9.98. The molecule has 0 radical (unpaired) electrons. The Morgan fingerprint density at radius 1 is 1.25 bits per heavy atom. The minimum absolute atomic E-state index is 0.698. The molecule has 0 aliphatic carbocycles. The second-order valence-electron chi connectivity index (χ2n) is 4.95. The first-order valence-corrected chi connectivity index (χ1v) is 6.34. The van der Waals surface area contributed by atoms with Crippen LogP contribution in [0.25, 0.3) is 0 Å². The van der Waals surface area contributed by atoms with E-state index in [2.05, 4.69) is 45.1 Å². The van der Waals surface area contributed by atoms with Gasteiger partial charge in [-0.25, -0.2) is 0 Å². The maximum Gasteiger partial charge on any atom is 0.0453 e. The monoisotopic (exact) mass is 239 g/mol. The Bertz CT molecular complexity index is 334. The zero-order chi connectivity index (χ0) is 12.1. The van der Waals surface area contributed by atoms with Crippen LogP contribution in [0.15, 0.2) is 18.2 Å². The largest absolute Gasteiger partial charge is 0.312 e. The van der Waals surface area contributed by atoms with Crippen molar-refractivity contribution in [2.45, 2.75) is 34.2 Å². The fourth-order valence-corrected chi connectivity index (χ4v) is 1.77. The molecule has 2 heteroatoms. The fourth-order valence-electron chi connectivity index (χ4n) is 1.47. The van der Waals surface area contributed by atoms with Crippen molar-refractivity contribution in [2.75, 3.05) is 6.54 Å². The van der Waals surface area contributed by atoms with Crippen LogP contribution in [0.3, 0.4) is 0 Å². The van der Waals surface area contributed by atoms with Crippen molar-refractivity contribution in [1.82, 2.24) is 5.32 Å². The van der Waals surface area contributed by atoms with E-state index in [1.165, 1.54) is 11.1 Å². The normalized spacial score (nSPS) is 13.1. The summed E-state index contributed by atoms with van der Waals surface area (Å²) in [5.74, 6) is 1.42. The number of halogens is 1. The first-order valence-electron chi connectivity index (χ1n) is 5.96. The van der Waals surface area contributed by atoms with E-state index in [1.54, 1.807) is 0 Å². The molecule has 0 fully saturated rings. The summed E-state index contributed by atoms with van der Waals surface area (Å²) in [5, 5.41) is 4.32. The van der Waals surface area contributed by atoms with Crippen LogP contribution in [0, 0.1) is 18.8 Å². The Hall–Kier alpha value is -0.530. The van der Waals surface area contributed by atoms with Gasteiger partial charge in [0.2, 0.25) is 0 Å². The van der Waals surface area contributed by atoms with Gasteiger partial charge in [-0.3, -0.25) is 0 Å². The van der Waals surface area contributed by atoms with Crippen LogP contribution < -0.4 is 5.32 Å². The highest BCUT2D eigenvalue weighted by Gasteiger charge is 2.06. The molecule has 0 aromatic heterocycles. The van der Waals surface area contributed by atoms with Crippen molar-refractivity contribution in [1.29, 1.82) is 0 Å². The van der Waals surface area contributed by atoms with E-state index in [0.29, 0.717) is 5.92 Å². The number of rotatable bonds is 5. The van der Waals surface area contributed by atoms with Gasteiger partial charge in [0.05, 0.1) is 0 Å². The van der Waals surface area contributed by atoms with E-state index in [9.17, 15) is 0 Å². The van der Waals surface area contributed by atoms with Gasteiger partial charge in [-0.2, -0.15) is 0 Å². The van der Waals surface area contributed by atoms with Crippen LogP contribution in [-0.2, 0) is 6.54 Å². The SMILES string of the molecule is Cc1ccc(CNCC(C)C(C)C)c(Cl)c1. The molecule has 90 valence electrons. The van der Waals surface area contributed by atoms with Gasteiger partial charge >= 0.3 is 0 Å². The minimum Gasteiger partial charge on any atom is -0.312 e. The topological polar surface area (TPSA) is 12.0 Å². The highest BCUT2D eigenvalue weighted by atomic mass is 35.5. The lowest BCUT2D eigenvalue weighted by Gasteiger charge is -2.16. The van der Waals surface area contributed by atoms with Crippen molar-refractivity contribution in [3.8, 4) is 0 Å². The second kappa shape index (κ2) is 6.27. The Balaban J connectivity index is 2.43. The highest BCUT2D eigenvalue weighted by Crippen LogP contribution is 2.17. The lowest BCUT2D eigenvalue weighted by molar-refractivity contribution is 0.392. The lowest BCUT2D eigenvalue weighted by Crippen LogP contribution is -2.23. The molecule has 0 aliphatic heterocycles. The maximum absolute atomic E-state index is 6.17. The fraction of sp³-hybridized carbons (Fsp3) is 0.571. The van der Waals surface area contributed by atoms with Crippen molar-refractivity contribution >= 4 is 11.6 Å². The van der Waals surface area contributed by atoms with Crippen molar-refractivity contribution in [3.05, 3.63) is 34.3 Å². The smallest absolute Gasteiger partial charge is 0.0453 e. The van der Waals surface area contributed by atoms with Crippen LogP contribution in [0.2, 0.25) is 5.02 Å². The minimum atomic E-state index is 0.698. The number of benzene rings is 1. The van der Waals surface area contributed by atoms with Crippen molar-refractivity contribution in [2.24, 2.45) is 11.8 Å². The quantitative estimate of drug-likeness (QED) is 0.818. The molecule has 0 saturated heterocycles. The molecule has 1 N–H and O–H groups in total. The van der Waals surface area contributed by atoms with E-state index in [0.717, 1.165) is 24.0 Å². The Labute approximate surface area is 104 Å². The molecule has 0 spiro atoms. The van der Waals surface area contributed by atoms with Crippen LogP contribution >= 0.6 is 11.6 Å². The number of hydrogen-bond donors (Lipinski definition) is 1. The van der Waals surface area contributed by atoms with Gasteiger partial charge in [-0.05, 0) is 42.5 Å². The summed E-state index contributed by atoms with van der Waals surface area (Å²) in [6.45, 7) is 10.7. The van der Waals surface area contributed by atoms with Crippen LogP contribution in [-0.4, -0.2) is 6.54 Å². The number of aryl methyl sites for hydroxylation is 1. The first kappa shape index (κ1) is 13.5. The average Bonchev–Trinajstić information content (AvgIpc) is 2.20. The molecule has 1 aromatic carbocycles. The van der Waals surface area contributed by atoms with Gasteiger partial charge in [-0.15, -0.1) is 0 Å². The Morgan fingerprint density at radius 3 is 2.50 bits per heavy atom. The van der Waals surface area contributed by atoms with E-state index >= 15 is 0 Å². The average molecular weight is 240 g/mol. The van der Waals surface area contributed by atoms with Gasteiger partial charge in [0.15, 0.2) is 0 Å². The van der Waals surface area contributed by atoms with Gasteiger partial charge in [0.25, 0.3) is 0 Å². The third-order valence-corrected chi connectivity index (χ3v) is 3.48. The summed E-state index contributed by atoms with van der Waals surface area (Å²) in [6.07, 6.45) is 0. The van der Waals surface area contributed by atoms with Gasteiger partial charge < -0.3 is 5.32 Å². The van der Waals surface area contributed by atoms with Gasteiger partial charge in [0.1, 0.15) is 0 Å². The van der Waals surface area contributed by atoms with E-state index in [4.69, 9.17) is 11.6 Å². The van der Waals surface area contributed by atoms with Crippen LogP contribution in [0.4, 0.5) is 0 Å². The van der Waals surface area contributed by atoms with Crippen LogP contribution in [0.5, 0.6) is 0 Å². The van der Waals surface area contributed by atoms with Crippen molar-refractivity contribution < 1.29 is 0 Å². The zero-order valence-corrected chi connectivity index (χ0v) is 11.4. The Kier molecular flexibility index (Phi) is 5.30. The molecule has 0 bridgehead atoms. The first-order chi connectivity index (χ1) is 7.50. The molecule has 1 atom stereocenters. The molecule has 0 saturated carbocycles. The zero-order valence-electron chi connectivity index (χ0n) is 10.7. The molecule has 1 aromatic rings. The third kappa shape index (κ3) is 4.15. The molecule has 1 nitrogen and oxygen atoms in total. The molecular weight excluding hydrogens is 218 g/mol. The third-order valence-electron chi connectivity index (χ3n) is 3.13.